The predicted octanol–water partition coefficient (Wildman–Crippen LogP) is 1.47. The maximum atomic E-state index is 10.5. The number of hydrogen-bond acceptors (Lipinski definition) is 2. The average Bonchev–Trinajstić information content (AvgIpc) is 2.03. The maximum absolute atomic E-state index is 10.5. The molecule has 2 heteroatoms. The molecule has 1 heterocycles. The molecule has 0 saturated carbocycles. The van der Waals surface area contributed by atoms with Gasteiger partial charge in [0, 0.05) is 19.0 Å². The Labute approximate surface area is 74.2 Å². The van der Waals surface area contributed by atoms with Gasteiger partial charge in [0.1, 0.15) is 6.29 Å². The van der Waals surface area contributed by atoms with Crippen molar-refractivity contribution < 1.29 is 4.79 Å². The molecule has 0 bridgehead atoms. The van der Waals surface area contributed by atoms with E-state index in [1.54, 1.807) is 0 Å². The highest BCUT2D eigenvalue weighted by Crippen LogP contribution is 2.14. The molecule has 1 saturated heterocycles. The van der Waals surface area contributed by atoms with Crippen molar-refractivity contribution in [3.63, 3.8) is 0 Å². The second-order valence-corrected chi connectivity index (χ2v) is 3.73. The molecule has 68 valence electrons. The van der Waals surface area contributed by atoms with E-state index in [1.807, 2.05) is 6.92 Å². The van der Waals surface area contributed by atoms with Crippen molar-refractivity contribution in [2.75, 3.05) is 19.6 Å². The third kappa shape index (κ3) is 2.78. The fourth-order valence-electron chi connectivity index (χ4n) is 1.73. The zero-order valence-corrected chi connectivity index (χ0v) is 7.75. The Hall–Kier alpha value is -0.630. The smallest absolute Gasteiger partial charge is 0.124 e. The van der Waals surface area contributed by atoms with Gasteiger partial charge in [-0.2, -0.15) is 0 Å². The van der Waals surface area contributed by atoms with Gasteiger partial charge in [0.2, 0.25) is 0 Å². The minimum Gasteiger partial charge on any atom is -0.303 e. The number of carbonyl (C=O) groups is 1. The van der Waals surface area contributed by atoms with E-state index >= 15 is 0 Å². The number of hydrogen-bond donors (Lipinski definition) is 0. The van der Waals surface area contributed by atoms with E-state index in [-0.39, 0.29) is 5.92 Å². The molecule has 0 spiro atoms. The minimum absolute atomic E-state index is 0.262. The quantitative estimate of drug-likeness (QED) is 0.468. The molecular formula is C10H17NO. The van der Waals surface area contributed by atoms with Crippen molar-refractivity contribution in [2.24, 2.45) is 5.92 Å². The summed E-state index contributed by atoms with van der Waals surface area (Å²) < 4.78 is 0. The van der Waals surface area contributed by atoms with Crippen molar-refractivity contribution in [1.29, 1.82) is 0 Å². The number of carbonyl (C=O) groups excluding carboxylic acids is 1. The van der Waals surface area contributed by atoms with Gasteiger partial charge in [0.25, 0.3) is 0 Å². The molecule has 12 heavy (non-hydrogen) atoms. The molecule has 0 radical (unpaired) electrons. The molecule has 0 aromatic carbocycles. The first-order valence-electron chi connectivity index (χ1n) is 4.54. The Bertz CT molecular complexity index is 177. The first-order valence-corrected chi connectivity index (χ1v) is 4.54. The van der Waals surface area contributed by atoms with Crippen LogP contribution in [0.25, 0.3) is 0 Å². The lowest BCUT2D eigenvalue weighted by Crippen LogP contribution is -2.36. The summed E-state index contributed by atoms with van der Waals surface area (Å²) in [5.41, 5.74) is 1.18. The zero-order chi connectivity index (χ0) is 8.97. The number of likely N-dealkylation sites (tertiary alicyclic amines) is 1. The van der Waals surface area contributed by atoms with Crippen molar-refractivity contribution in [2.45, 2.75) is 19.8 Å². The van der Waals surface area contributed by atoms with Crippen molar-refractivity contribution in [3.8, 4) is 0 Å². The van der Waals surface area contributed by atoms with Gasteiger partial charge in [0.15, 0.2) is 0 Å². The van der Waals surface area contributed by atoms with E-state index in [1.165, 1.54) is 5.57 Å². The van der Waals surface area contributed by atoms with Crippen LogP contribution in [0.3, 0.4) is 0 Å². The second kappa shape index (κ2) is 4.41. The molecule has 0 aliphatic carbocycles. The van der Waals surface area contributed by atoms with E-state index in [4.69, 9.17) is 0 Å². The van der Waals surface area contributed by atoms with Gasteiger partial charge < -0.3 is 4.79 Å². The summed E-state index contributed by atoms with van der Waals surface area (Å²) in [6.45, 7) is 8.90. The van der Waals surface area contributed by atoms with Crippen molar-refractivity contribution >= 4 is 6.29 Å². The standard InChI is InChI=1S/C10H17NO/c1-9(2)6-11-5-3-4-10(7-11)8-12/h8,10H,1,3-7H2,2H3. The second-order valence-electron chi connectivity index (χ2n) is 3.73. The Morgan fingerprint density at radius 1 is 1.75 bits per heavy atom. The third-order valence-corrected chi connectivity index (χ3v) is 2.23. The largest absolute Gasteiger partial charge is 0.303 e. The summed E-state index contributed by atoms with van der Waals surface area (Å²) in [6.07, 6.45) is 3.30. The topological polar surface area (TPSA) is 20.3 Å². The highest BCUT2D eigenvalue weighted by molar-refractivity contribution is 5.53. The van der Waals surface area contributed by atoms with Crippen LogP contribution in [-0.2, 0) is 4.79 Å². The lowest BCUT2D eigenvalue weighted by Gasteiger charge is -2.29. The van der Waals surface area contributed by atoms with Crippen LogP contribution in [0.1, 0.15) is 19.8 Å². The van der Waals surface area contributed by atoms with E-state index < -0.39 is 0 Å². The molecule has 1 aliphatic heterocycles. The van der Waals surface area contributed by atoms with Gasteiger partial charge in [0.05, 0.1) is 0 Å². The van der Waals surface area contributed by atoms with Gasteiger partial charge in [-0.15, -0.1) is 0 Å². The van der Waals surface area contributed by atoms with Crippen LogP contribution in [-0.4, -0.2) is 30.8 Å². The fourth-order valence-corrected chi connectivity index (χ4v) is 1.73. The molecule has 1 atom stereocenters. The maximum Gasteiger partial charge on any atom is 0.124 e. The Morgan fingerprint density at radius 2 is 2.50 bits per heavy atom. The van der Waals surface area contributed by atoms with Crippen LogP contribution in [0, 0.1) is 5.92 Å². The van der Waals surface area contributed by atoms with Gasteiger partial charge in [-0.05, 0) is 26.3 Å². The number of piperidine rings is 1. The molecule has 1 aliphatic rings. The van der Waals surface area contributed by atoms with Crippen LogP contribution in [0.15, 0.2) is 12.2 Å². The number of nitrogens with zero attached hydrogens (tertiary/aromatic N) is 1. The molecule has 0 aromatic heterocycles. The lowest BCUT2D eigenvalue weighted by molar-refractivity contribution is -0.112. The summed E-state index contributed by atoms with van der Waals surface area (Å²) in [5, 5.41) is 0. The molecule has 0 N–H and O–H groups in total. The lowest BCUT2D eigenvalue weighted by atomic mass is 9.99. The molecule has 1 unspecified atom stereocenters. The summed E-state index contributed by atoms with van der Waals surface area (Å²) >= 11 is 0. The zero-order valence-electron chi connectivity index (χ0n) is 7.75. The SMILES string of the molecule is C=C(C)CN1CCCC(C=O)C1. The van der Waals surface area contributed by atoms with Crippen molar-refractivity contribution in [1.82, 2.24) is 4.90 Å². The molecular weight excluding hydrogens is 150 g/mol. The van der Waals surface area contributed by atoms with E-state index in [9.17, 15) is 4.79 Å². The summed E-state index contributed by atoms with van der Waals surface area (Å²) in [4.78, 5) is 12.9. The van der Waals surface area contributed by atoms with Crippen LogP contribution in [0.2, 0.25) is 0 Å². The normalized spacial score (nSPS) is 25.2. The van der Waals surface area contributed by atoms with Crippen LogP contribution in [0.4, 0.5) is 0 Å². The van der Waals surface area contributed by atoms with Crippen LogP contribution >= 0.6 is 0 Å². The van der Waals surface area contributed by atoms with Gasteiger partial charge in [-0.3, -0.25) is 4.90 Å². The first kappa shape index (κ1) is 9.46. The van der Waals surface area contributed by atoms with Crippen LogP contribution < -0.4 is 0 Å². The Balaban J connectivity index is 2.35. The highest BCUT2D eigenvalue weighted by Gasteiger charge is 2.18. The summed E-state index contributed by atoms with van der Waals surface area (Å²) in [5.74, 6) is 0.262. The highest BCUT2D eigenvalue weighted by atomic mass is 16.1. The number of rotatable bonds is 3. The van der Waals surface area contributed by atoms with Gasteiger partial charge in [-0.1, -0.05) is 12.2 Å². The van der Waals surface area contributed by atoms with E-state index in [0.29, 0.717) is 0 Å². The molecule has 2 nitrogen and oxygen atoms in total. The molecule has 1 rings (SSSR count). The van der Waals surface area contributed by atoms with Crippen molar-refractivity contribution in [3.05, 3.63) is 12.2 Å². The monoisotopic (exact) mass is 167 g/mol. The molecule has 0 amide bonds. The average molecular weight is 167 g/mol. The fraction of sp³-hybridized carbons (Fsp3) is 0.700. The molecule has 0 aromatic rings. The molecule has 1 fully saturated rings. The third-order valence-electron chi connectivity index (χ3n) is 2.23. The van der Waals surface area contributed by atoms with Crippen LogP contribution in [0.5, 0.6) is 0 Å². The Morgan fingerprint density at radius 3 is 3.08 bits per heavy atom. The predicted molar refractivity (Wildman–Crippen MR) is 50.0 cm³/mol. The number of aldehydes is 1. The minimum atomic E-state index is 0.262. The Kier molecular flexibility index (Phi) is 3.48. The first-order chi connectivity index (χ1) is 5.72. The van der Waals surface area contributed by atoms with E-state index in [0.717, 1.165) is 38.8 Å². The van der Waals surface area contributed by atoms with Gasteiger partial charge >= 0.3 is 0 Å². The van der Waals surface area contributed by atoms with Gasteiger partial charge in [-0.25, -0.2) is 0 Å². The van der Waals surface area contributed by atoms with E-state index in [2.05, 4.69) is 11.5 Å². The summed E-state index contributed by atoms with van der Waals surface area (Å²) in [6, 6.07) is 0. The summed E-state index contributed by atoms with van der Waals surface area (Å²) in [7, 11) is 0.